The molecule has 90 valence electrons. The summed E-state index contributed by atoms with van der Waals surface area (Å²) in [4.78, 5) is 11.3. The summed E-state index contributed by atoms with van der Waals surface area (Å²) < 4.78 is 5.36. The van der Waals surface area contributed by atoms with Crippen molar-refractivity contribution in [2.45, 2.75) is 13.3 Å². The molecule has 0 aliphatic carbocycles. The molecule has 3 N–H and O–H groups in total. The molecule has 0 spiro atoms. The van der Waals surface area contributed by atoms with Crippen molar-refractivity contribution in [2.75, 3.05) is 6.61 Å². The normalized spacial score (nSPS) is 9.53. The molecule has 5 nitrogen and oxygen atoms in total. The highest BCUT2D eigenvalue weighted by molar-refractivity contribution is 6.32. The molecule has 0 atom stereocenters. The average Bonchev–Trinajstić information content (AvgIpc) is 2.35. The molecule has 0 bridgehead atoms. The number of rotatable bonds is 4. The van der Waals surface area contributed by atoms with Gasteiger partial charge in [-0.1, -0.05) is 18.5 Å². The highest BCUT2D eigenvalue weighted by Gasteiger charge is 2.14. The second-order valence-electron chi connectivity index (χ2n) is 3.27. The van der Waals surface area contributed by atoms with Gasteiger partial charge in [0, 0.05) is 5.56 Å². The lowest BCUT2D eigenvalue weighted by Crippen LogP contribution is -2.30. The number of benzene rings is 1. The zero-order chi connectivity index (χ0) is 12.8. The fourth-order valence-electron chi connectivity index (χ4n) is 1.24. The molecule has 1 rings (SSSR count). The summed E-state index contributed by atoms with van der Waals surface area (Å²) >= 11 is 5.95. The van der Waals surface area contributed by atoms with Gasteiger partial charge in [0.25, 0.3) is 5.91 Å². The molecule has 0 aliphatic heterocycles. The summed E-state index contributed by atoms with van der Waals surface area (Å²) in [7, 11) is 0. The molecule has 0 saturated heterocycles. The molecule has 0 heterocycles. The maximum Gasteiger partial charge on any atom is 0.265 e. The van der Waals surface area contributed by atoms with E-state index in [4.69, 9.17) is 27.4 Å². The topological polar surface area (TPSA) is 88.1 Å². The number of hydrogen-bond acceptors (Lipinski definition) is 4. The average molecular weight is 254 g/mol. The van der Waals surface area contributed by atoms with Gasteiger partial charge >= 0.3 is 0 Å². The lowest BCUT2D eigenvalue weighted by Gasteiger charge is -2.10. The number of carbonyl (C=O) groups is 1. The van der Waals surface area contributed by atoms with Gasteiger partial charge in [0.1, 0.15) is 6.07 Å². The van der Waals surface area contributed by atoms with Crippen LogP contribution in [0.4, 0.5) is 0 Å². The minimum atomic E-state index is -0.509. The molecule has 17 heavy (non-hydrogen) atoms. The third-order valence-corrected chi connectivity index (χ3v) is 2.29. The number of amides is 1. The van der Waals surface area contributed by atoms with Crippen molar-refractivity contribution in [1.82, 2.24) is 5.43 Å². The van der Waals surface area contributed by atoms with Crippen molar-refractivity contribution in [1.29, 1.82) is 5.26 Å². The van der Waals surface area contributed by atoms with Crippen LogP contribution in [-0.4, -0.2) is 12.5 Å². The van der Waals surface area contributed by atoms with Crippen LogP contribution in [0.3, 0.4) is 0 Å². The third kappa shape index (κ3) is 3.09. The highest BCUT2D eigenvalue weighted by Crippen LogP contribution is 2.30. The Kier molecular flexibility index (Phi) is 4.76. The van der Waals surface area contributed by atoms with Gasteiger partial charge in [-0.3, -0.25) is 10.2 Å². The predicted molar refractivity (Wildman–Crippen MR) is 63.6 cm³/mol. The van der Waals surface area contributed by atoms with Crippen LogP contribution in [0.5, 0.6) is 5.75 Å². The van der Waals surface area contributed by atoms with Gasteiger partial charge in [0.05, 0.1) is 17.2 Å². The first-order valence-electron chi connectivity index (χ1n) is 5.01. The van der Waals surface area contributed by atoms with Crippen LogP contribution in [0.25, 0.3) is 0 Å². The standard InChI is InChI=1S/C11H12ClN3O2/c1-2-3-17-10-8(6-13)4-7(5-9(10)12)11(16)15-14/h4-5H,2-3,14H2,1H3,(H,15,16). The molecular formula is C11H12ClN3O2. The smallest absolute Gasteiger partial charge is 0.265 e. The largest absolute Gasteiger partial charge is 0.491 e. The fourth-order valence-corrected chi connectivity index (χ4v) is 1.52. The van der Waals surface area contributed by atoms with Gasteiger partial charge in [-0.15, -0.1) is 0 Å². The van der Waals surface area contributed by atoms with Crippen molar-refractivity contribution < 1.29 is 9.53 Å². The summed E-state index contributed by atoms with van der Waals surface area (Å²) in [5, 5.41) is 9.19. The van der Waals surface area contributed by atoms with E-state index in [1.165, 1.54) is 12.1 Å². The third-order valence-electron chi connectivity index (χ3n) is 2.01. The molecule has 0 aliphatic rings. The minimum Gasteiger partial charge on any atom is -0.491 e. The number of nitrogen functional groups attached to an aromatic ring is 1. The van der Waals surface area contributed by atoms with Crippen molar-refractivity contribution in [3.63, 3.8) is 0 Å². The van der Waals surface area contributed by atoms with E-state index in [9.17, 15) is 4.79 Å². The SMILES string of the molecule is CCCOc1c(Cl)cc(C(=O)NN)cc1C#N. The summed E-state index contributed by atoms with van der Waals surface area (Å²) in [6.07, 6.45) is 0.798. The Labute approximate surface area is 104 Å². The Bertz CT molecular complexity index is 469. The lowest BCUT2D eigenvalue weighted by atomic mass is 10.1. The predicted octanol–water partition coefficient (Wildman–Crippen LogP) is 1.60. The van der Waals surface area contributed by atoms with Crippen LogP contribution >= 0.6 is 11.6 Å². The monoisotopic (exact) mass is 253 g/mol. The fraction of sp³-hybridized carbons (Fsp3) is 0.273. The Morgan fingerprint density at radius 2 is 2.35 bits per heavy atom. The molecular weight excluding hydrogens is 242 g/mol. The number of hydrogen-bond donors (Lipinski definition) is 2. The molecule has 1 aromatic rings. The lowest BCUT2D eigenvalue weighted by molar-refractivity contribution is 0.0953. The molecule has 1 aromatic carbocycles. The summed E-state index contributed by atoms with van der Waals surface area (Å²) in [5.74, 6) is 4.79. The molecule has 0 unspecified atom stereocenters. The quantitative estimate of drug-likeness (QED) is 0.485. The van der Waals surface area contributed by atoms with Crippen LogP contribution in [-0.2, 0) is 0 Å². The van der Waals surface area contributed by atoms with E-state index in [2.05, 4.69) is 0 Å². The van der Waals surface area contributed by atoms with E-state index >= 15 is 0 Å². The van der Waals surface area contributed by atoms with Gasteiger partial charge in [-0.2, -0.15) is 5.26 Å². The number of nitrogens with one attached hydrogen (secondary N) is 1. The number of ether oxygens (including phenoxy) is 1. The van der Waals surface area contributed by atoms with Crippen molar-refractivity contribution >= 4 is 17.5 Å². The summed E-state index contributed by atoms with van der Waals surface area (Å²) in [6, 6.07) is 4.73. The van der Waals surface area contributed by atoms with Gasteiger partial charge in [-0.25, -0.2) is 5.84 Å². The van der Waals surface area contributed by atoms with Crippen LogP contribution in [0.1, 0.15) is 29.3 Å². The van der Waals surface area contributed by atoms with E-state index in [1.807, 2.05) is 18.4 Å². The van der Waals surface area contributed by atoms with Crippen molar-refractivity contribution in [2.24, 2.45) is 5.84 Å². The maximum absolute atomic E-state index is 11.3. The van der Waals surface area contributed by atoms with Gasteiger partial charge < -0.3 is 4.74 Å². The Balaban J connectivity index is 3.17. The first-order valence-corrected chi connectivity index (χ1v) is 5.39. The van der Waals surface area contributed by atoms with E-state index in [0.717, 1.165) is 6.42 Å². The van der Waals surface area contributed by atoms with Gasteiger partial charge in [-0.05, 0) is 18.6 Å². The second kappa shape index (κ2) is 6.09. The number of hydrazine groups is 1. The van der Waals surface area contributed by atoms with Crippen LogP contribution in [0.2, 0.25) is 5.02 Å². The van der Waals surface area contributed by atoms with Crippen LogP contribution < -0.4 is 16.0 Å². The number of nitrogens with zero attached hydrogens (tertiary/aromatic N) is 1. The molecule has 1 amide bonds. The number of nitriles is 1. The maximum atomic E-state index is 11.3. The van der Waals surface area contributed by atoms with Gasteiger partial charge in [0.2, 0.25) is 0 Å². The van der Waals surface area contributed by atoms with E-state index in [-0.39, 0.29) is 16.1 Å². The van der Waals surface area contributed by atoms with Crippen molar-refractivity contribution in [3.8, 4) is 11.8 Å². The Morgan fingerprint density at radius 3 is 2.88 bits per heavy atom. The number of carbonyl (C=O) groups excluding carboxylic acids is 1. The first-order chi connectivity index (χ1) is 8.13. The molecule has 0 fully saturated rings. The first kappa shape index (κ1) is 13.3. The second-order valence-corrected chi connectivity index (χ2v) is 3.68. The minimum absolute atomic E-state index is 0.213. The summed E-state index contributed by atoms with van der Waals surface area (Å²) in [6.45, 7) is 2.40. The van der Waals surface area contributed by atoms with E-state index < -0.39 is 5.91 Å². The molecule has 6 heteroatoms. The Hall–Kier alpha value is -1.77. The highest BCUT2D eigenvalue weighted by atomic mass is 35.5. The van der Waals surface area contributed by atoms with E-state index in [0.29, 0.717) is 12.4 Å². The molecule has 0 aromatic heterocycles. The molecule has 0 saturated carbocycles. The van der Waals surface area contributed by atoms with Gasteiger partial charge in [0.15, 0.2) is 5.75 Å². The number of halogens is 1. The number of nitrogens with two attached hydrogens (primary N) is 1. The summed E-state index contributed by atoms with van der Waals surface area (Å²) in [5.41, 5.74) is 2.41. The molecule has 0 radical (unpaired) electrons. The van der Waals surface area contributed by atoms with E-state index in [1.54, 1.807) is 0 Å². The Morgan fingerprint density at radius 1 is 1.65 bits per heavy atom. The zero-order valence-corrected chi connectivity index (χ0v) is 10.0. The van der Waals surface area contributed by atoms with Crippen LogP contribution in [0.15, 0.2) is 12.1 Å². The van der Waals surface area contributed by atoms with Crippen LogP contribution in [0, 0.1) is 11.3 Å². The zero-order valence-electron chi connectivity index (χ0n) is 9.29. The van der Waals surface area contributed by atoms with Crippen molar-refractivity contribution in [3.05, 3.63) is 28.3 Å².